The SMILES string of the molecule is NC(Cc1nccs1)c1cc(C(F)(F)F)ccc1Br. The molecule has 1 aromatic carbocycles. The monoisotopic (exact) mass is 350 g/mol. The first-order chi connectivity index (χ1) is 8.88. The smallest absolute Gasteiger partial charge is 0.324 e. The minimum absolute atomic E-state index is 0.414. The van der Waals surface area contributed by atoms with Gasteiger partial charge in [-0.15, -0.1) is 11.3 Å². The lowest BCUT2D eigenvalue weighted by Gasteiger charge is -2.15. The van der Waals surface area contributed by atoms with Crippen molar-refractivity contribution in [3.8, 4) is 0 Å². The fourth-order valence-electron chi connectivity index (χ4n) is 1.66. The van der Waals surface area contributed by atoms with Gasteiger partial charge in [-0.05, 0) is 23.8 Å². The van der Waals surface area contributed by atoms with Crippen LogP contribution in [0.2, 0.25) is 0 Å². The lowest BCUT2D eigenvalue weighted by Crippen LogP contribution is -2.15. The number of benzene rings is 1. The Kier molecular flexibility index (Phi) is 4.27. The van der Waals surface area contributed by atoms with Crippen LogP contribution >= 0.6 is 27.3 Å². The van der Waals surface area contributed by atoms with E-state index >= 15 is 0 Å². The molecule has 1 unspecified atom stereocenters. The van der Waals surface area contributed by atoms with Gasteiger partial charge in [0.1, 0.15) is 0 Å². The number of rotatable bonds is 3. The van der Waals surface area contributed by atoms with E-state index in [1.54, 1.807) is 6.20 Å². The highest BCUT2D eigenvalue weighted by molar-refractivity contribution is 9.10. The fraction of sp³-hybridized carbons (Fsp3) is 0.250. The molecule has 0 aliphatic rings. The topological polar surface area (TPSA) is 38.9 Å². The Morgan fingerprint density at radius 1 is 1.37 bits per heavy atom. The molecule has 2 rings (SSSR count). The first-order valence-electron chi connectivity index (χ1n) is 5.38. The molecule has 7 heteroatoms. The first kappa shape index (κ1) is 14.5. The zero-order valence-electron chi connectivity index (χ0n) is 9.62. The second kappa shape index (κ2) is 5.60. The molecule has 0 aliphatic carbocycles. The van der Waals surface area contributed by atoms with Crippen molar-refractivity contribution in [3.63, 3.8) is 0 Å². The van der Waals surface area contributed by atoms with Crippen molar-refractivity contribution < 1.29 is 13.2 Å². The molecule has 0 spiro atoms. The highest BCUT2D eigenvalue weighted by atomic mass is 79.9. The maximum absolute atomic E-state index is 12.7. The molecule has 0 saturated carbocycles. The molecule has 0 bridgehead atoms. The zero-order chi connectivity index (χ0) is 14.0. The van der Waals surface area contributed by atoms with Gasteiger partial charge < -0.3 is 5.73 Å². The molecule has 2 nitrogen and oxygen atoms in total. The lowest BCUT2D eigenvalue weighted by molar-refractivity contribution is -0.137. The fourth-order valence-corrected chi connectivity index (χ4v) is 2.87. The van der Waals surface area contributed by atoms with Crippen molar-refractivity contribution in [1.29, 1.82) is 0 Å². The van der Waals surface area contributed by atoms with Gasteiger partial charge in [-0.2, -0.15) is 13.2 Å². The molecule has 0 fully saturated rings. The van der Waals surface area contributed by atoms with Gasteiger partial charge in [-0.1, -0.05) is 15.9 Å². The van der Waals surface area contributed by atoms with Gasteiger partial charge in [0.25, 0.3) is 0 Å². The Balaban J connectivity index is 2.28. The number of alkyl halides is 3. The van der Waals surface area contributed by atoms with Crippen LogP contribution in [0.25, 0.3) is 0 Å². The van der Waals surface area contributed by atoms with E-state index in [1.807, 2.05) is 5.38 Å². The summed E-state index contributed by atoms with van der Waals surface area (Å²) in [6.07, 6.45) is -2.30. The molecule has 0 radical (unpaired) electrons. The van der Waals surface area contributed by atoms with Crippen LogP contribution in [0.3, 0.4) is 0 Å². The van der Waals surface area contributed by atoms with E-state index < -0.39 is 17.8 Å². The molecule has 0 saturated heterocycles. The van der Waals surface area contributed by atoms with E-state index in [0.29, 0.717) is 16.5 Å². The van der Waals surface area contributed by atoms with E-state index in [0.717, 1.165) is 17.1 Å². The highest BCUT2D eigenvalue weighted by Crippen LogP contribution is 2.34. The van der Waals surface area contributed by atoms with Gasteiger partial charge in [0, 0.05) is 28.5 Å². The number of thiazole rings is 1. The van der Waals surface area contributed by atoms with Crippen molar-refractivity contribution in [2.24, 2.45) is 5.73 Å². The van der Waals surface area contributed by atoms with Crippen molar-refractivity contribution in [3.05, 3.63) is 50.4 Å². The molecule has 19 heavy (non-hydrogen) atoms. The number of aromatic nitrogens is 1. The summed E-state index contributed by atoms with van der Waals surface area (Å²) in [6.45, 7) is 0. The molecule has 0 aliphatic heterocycles. The predicted molar refractivity (Wildman–Crippen MR) is 71.9 cm³/mol. The average Bonchev–Trinajstić information content (AvgIpc) is 2.80. The second-order valence-corrected chi connectivity index (χ2v) is 5.80. The van der Waals surface area contributed by atoms with E-state index in [-0.39, 0.29) is 0 Å². The molecule has 0 amide bonds. The van der Waals surface area contributed by atoms with Gasteiger partial charge in [0.2, 0.25) is 0 Å². The molecule has 102 valence electrons. The van der Waals surface area contributed by atoms with Crippen LogP contribution in [0.15, 0.2) is 34.2 Å². The van der Waals surface area contributed by atoms with Crippen molar-refractivity contribution in [2.45, 2.75) is 18.6 Å². The van der Waals surface area contributed by atoms with E-state index in [9.17, 15) is 13.2 Å². The van der Waals surface area contributed by atoms with Crippen LogP contribution in [0, 0.1) is 0 Å². The summed E-state index contributed by atoms with van der Waals surface area (Å²) in [5, 5.41) is 2.61. The molecule has 2 N–H and O–H groups in total. The molecular formula is C12H10BrF3N2S. The summed E-state index contributed by atoms with van der Waals surface area (Å²) in [5.74, 6) is 0. The van der Waals surface area contributed by atoms with Crippen LogP contribution in [0.5, 0.6) is 0 Å². The van der Waals surface area contributed by atoms with E-state index in [1.165, 1.54) is 17.4 Å². The maximum atomic E-state index is 12.7. The van der Waals surface area contributed by atoms with Crippen LogP contribution in [0.1, 0.15) is 22.2 Å². The summed E-state index contributed by atoms with van der Waals surface area (Å²) in [4.78, 5) is 4.08. The van der Waals surface area contributed by atoms with Gasteiger partial charge in [0.05, 0.1) is 10.6 Å². The third-order valence-electron chi connectivity index (χ3n) is 2.60. The summed E-state index contributed by atoms with van der Waals surface area (Å²) < 4.78 is 38.6. The van der Waals surface area contributed by atoms with Crippen LogP contribution in [-0.4, -0.2) is 4.98 Å². The highest BCUT2D eigenvalue weighted by Gasteiger charge is 2.31. The number of nitrogens with two attached hydrogens (primary N) is 1. The largest absolute Gasteiger partial charge is 0.416 e. The number of halogens is 4. The zero-order valence-corrected chi connectivity index (χ0v) is 12.0. The average molecular weight is 351 g/mol. The minimum Gasteiger partial charge on any atom is -0.324 e. The second-order valence-electron chi connectivity index (χ2n) is 3.97. The van der Waals surface area contributed by atoms with Gasteiger partial charge >= 0.3 is 6.18 Å². The molecule has 1 heterocycles. The summed E-state index contributed by atoms with van der Waals surface area (Å²) in [6, 6.07) is 2.97. The Labute approximate surface area is 120 Å². The molecule has 2 aromatic rings. The quantitative estimate of drug-likeness (QED) is 0.902. The third kappa shape index (κ3) is 3.55. The molecule has 1 aromatic heterocycles. The Hall–Kier alpha value is -0.920. The van der Waals surface area contributed by atoms with Gasteiger partial charge in [-0.25, -0.2) is 4.98 Å². The van der Waals surface area contributed by atoms with Gasteiger partial charge in [-0.3, -0.25) is 0 Å². The lowest BCUT2D eigenvalue weighted by atomic mass is 10.0. The summed E-state index contributed by atoms with van der Waals surface area (Å²) >= 11 is 4.67. The van der Waals surface area contributed by atoms with Crippen molar-refractivity contribution >= 4 is 27.3 Å². The van der Waals surface area contributed by atoms with Gasteiger partial charge in [0.15, 0.2) is 0 Å². The molecular weight excluding hydrogens is 341 g/mol. The van der Waals surface area contributed by atoms with E-state index in [4.69, 9.17) is 5.73 Å². The number of nitrogens with zero attached hydrogens (tertiary/aromatic N) is 1. The van der Waals surface area contributed by atoms with Crippen molar-refractivity contribution in [2.75, 3.05) is 0 Å². The standard InChI is InChI=1S/C12H10BrF3N2S/c13-9-2-1-7(12(14,15)16)5-8(9)10(17)6-11-18-3-4-19-11/h1-5,10H,6,17H2. The minimum atomic E-state index is -4.36. The number of hydrogen-bond acceptors (Lipinski definition) is 3. The first-order valence-corrected chi connectivity index (χ1v) is 7.06. The Morgan fingerprint density at radius 2 is 2.11 bits per heavy atom. The Morgan fingerprint density at radius 3 is 2.68 bits per heavy atom. The molecule has 1 atom stereocenters. The van der Waals surface area contributed by atoms with Crippen molar-refractivity contribution in [1.82, 2.24) is 4.98 Å². The van der Waals surface area contributed by atoms with Crippen LogP contribution in [-0.2, 0) is 12.6 Å². The predicted octanol–water partition coefficient (Wildman–Crippen LogP) is 4.17. The number of hydrogen-bond donors (Lipinski definition) is 1. The maximum Gasteiger partial charge on any atom is 0.416 e. The van der Waals surface area contributed by atoms with Crippen LogP contribution in [0.4, 0.5) is 13.2 Å². The normalized spacial score (nSPS) is 13.5. The third-order valence-corrected chi connectivity index (χ3v) is 4.12. The summed E-state index contributed by atoms with van der Waals surface area (Å²) in [7, 11) is 0. The Bertz CT molecular complexity index is 555. The van der Waals surface area contributed by atoms with Crippen LogP contribution < -0.4 is 5.73 Å². The van der Waals surface area contributed by atoms with E-state index in [2.05, 4.69) is 20.9 Å². The summed E-state index contributed by atoms with van der Waals surface area (Å²) in [5.41, 5.74) is 5.71.